The van der Waals surface area contributed by atoms with Crippen LogP contribution < -0.4 is 10.5 Å². The number of rotatable bonds is 2. The fourth-order valence-corrected chi connectivity index (χ4v) is 3.11. The van der Waals surface area contributed by atoms with Gasteiger partial charge in [-0.1, -0.05) is 12.1 Å². The number of nitrogen functional groups attached to an aromatic ring is 1. The molecule has 0 radical (unpaired) electrons. The Balaban J connectivity index is 2.36. The molecule has 1 heterocycles. The maximum absolute atomic E-state index is 13.3. The summed E-state index contributed by atoms with van der Waals surface area (Å²) in [7, 11) is 0. The zero-order chi connectivity index (χ0) is 16.8. The third kappa shape index (κ3) is 2.61. The molecule has 0 saturated carbocycles. The highest BCUT2D eigenvalue weighted by atomic mass is 19.1. The highest BCUT2D eigenvalue weighted by Gasteiger charge is 2.37. The van der Waals surface area contributed by atoms with E-state index in [-0.39, 0.29) is 11.6 Å². The fraction of sp³-hybridized carbons (Fsp3) is 0.211. The molecule has 3 nitrogen and oxygen atoms in total. The molecule has 2 aromatic rings. The molecule has 0 atom stereocenters. The van der Waals surface area contributed by atoms with Gasteiger partial charge >= 0.3 is 0 Å². The van der Waals surface area contributed by atoms with Gasteiger partial charge in [0.2, 0.25) is 0 Å². The van der Waals surface area contributed by atoms with Gasteiger partial charge in [0.25, 0.3) is 0 Å². The number of ketones is 1. The summed E-state index contributed by atoms with van der Waals surface area (Å²) in [6.45, 7) is 5.21. The lowest BCUT2D eigenvalue weighted by molar-refractivity contribution is -0.115. The van der Waals surface area contributed by atoms with E-state index in [4.69, 9.17) is 10.5 Å². The van der Waals surface area contributed by atoms with Crippen LogP contribution >= 0.6 is 0 Å². The zero-order valence-electron chi connectivity index (χ0n) is 13.3. The SMILES string of the molecule is CC(=O)C1=C(c2ccc(F)cc2)c2ccc(N)cc2OC1(C)C. The van der Waals surface area contributed by atoms with E-state index in [1.54, 1.807) is 24.3 Å². The average Bonchev–Trinajstić information content (AvgIpc) is 2.45. The number of Topliss-reactive ketones (excluding diaryl/α,β-unsaturated/α-hetero) is 1. The lowest BCUT2D eigenvalue weighted by atomic mass is 9.81. The summed E-state index contributed by atoms with van der Waals surface area (Å²) < 4.78 is 19.3. The van der Waals surface area contributed by atoms with Crippen molar-refractivity contribution in [2.75, 3.05) is 5.73 Å². The van der Waals surface area contributed by atoms with Crippen LogP contribution in [-0.2, 0) is 4.79 Å². The van der Waals surface area contributed by atoms with Gasteiger partial charge < -0.3 is 10.5 Å². The van der Waals surface area contributed by atoms with E-state index >= 15 is 0 Å². The first-order chi connectivity index (χ1) is 10.8. The summed E-state index contributed by atoms with van der Waals surface area (Å²) in [5, 5.41) is 0. The average molecular weight is 311 g/mol. The molecule has 2 aromatic carbocycles. The number of fused-ring (bicyclic) bond motifs is 1. The number of carbonyl (C=O) groups is 1. The molecule has 2 N–H and O–H groups in total. The topological polar surface area (TPSA) is 52.3 Å². The van der Waals surface area contributed by atoms with Gasteiger partial charge in [0.1, 0.15) is 17.2 Å². The normalized spacial score (nSPS) is 15.8. The number of hydrogen-bond donors (Lipinski definition) is 1. The smallest absolute Gasteiger partial charge is 0.160 e. The maximum atomic E-state index is 13.3. The summed E-state index contributed by atoms with van der Waals surface area (Å²) in [5.41, 5.74) is 8.55. The zero-order valence-corrected chi connectivity index (χ0v) is 13.3. The van der Waals surface area contributed by atoms with Crippen molar-refractivity contribution >= 4 is 17.0 Å². The van der Waals surface area contributed by atoms with Gasteiger partial charge in [-0.2, -0.15) is 0 Å². The molecule has 0 saturated heterocycles. The number of ether oxygens (including phenoxy) is 1. The van der Waals surface area contributed by atoms with E-state index in [2.05, 4.69) is 0 Å². The van der Waals surface area contributed by atoms with Crippen molar-refractivity contribution in [3.05, 3.63) is 65.0 Å². The van der Waals surface area contributed by atoms with Crippen LogP contribution in [0.3, 0.4) is 0 Å². The van der Waals surface area contributed by atoms with Crippen molar-refractivity contribution in [2.24, 2.45) is 0 Å². The van der Waals surface area contributed by atoms with Crippen LogP contribution in [0.4, 0.5) is 10.1 Å². The lowest BCUT2D eigenvalue weighted by Gasteiger charge is -2.36. The minimum absolute atomic E-state index is 0.0724. The van der Waals surface area contributed by atoms with Gasteiger partial charge in [0, 0.05) is 28.5 Å². The van der Waals surface area contributed by atoms with Gasteiger partial charge in [-0.05, 0) is 50.6 Å². The van der Waals surface area contributed by atoms with Gasteiger partial charge in [0.15, 0.2) is 5.78 Å². The van der Waals surface area contributed by atoms with E-state index in [0.717, 1.165) is 16.7 Å². The van der Waals surface area contributed by atoms with Crippen LogP contribution in [-0.4, -0.2) is 11.4 Å². The number of nitrogens with two attached hydrogens (primary N) is 1. The summed E-state index contributed by atoms with van der Waals surface area (Å²) in [6.07, 6.45) is 0. The summed E-state index contributed by atoms with van der Waals surface area (Å²) in [4.78, 5) is 12.3. The van der Waals surface area contributed by atoms with Crippen LogP contribution in [0.15, 0.2) is 48.0 Å². The standard InChI is InChI=1S/C19H18FNO2/c1-11(22)18-17(12-4-6-13(20)7-5-12)15-9-8-14(21)10-16(15)23-19(18,2)3/h4-10H,21H2,1-3H3. The molecule has 3 rings (SSSR count). The lowest BCUT2D eigenvalue weighted by Crippen LogP contribution is -2.37. The van der Waals surface area contributed by atoms with Gasteiger partial charge in [0.05, 0.1) is 0 Å². The van der Waals surface area contributed by atoms with Gasteiger partial charge in [-0.3, -0.25) is 4.79 Å². The Morgan fingerprint density at radius 1 is 1.13 bits per heavy atom. The van der Waals surface area contributed by atoms with E-state index in [1.165, 1.54) is 19.1 Å². The summed E-state index contributed by atoms with van der Waals surface area (Å²) >= 11 is 0. The van der Waals surface area contributed by atoms with Crippen molar-refractivity contribution < 1.29 is 13.9 Å². The van der Waals surface area contributed by atoms with Gasteiger partial charge in [-0.15, -0.1) is 0 Å². The maximum Gasteiger partial charge on any atom is 0.160 e. The molecule has 4 heteroatoms. The number of carbonyl (C=O) groups excluding carboxylic acids is 1. The Bertz CT molecular complexity index is 820. The molecule has 0 bridgehead atoms. The Hall–Kier alpha value is -2.62. The molecule has 23 heavy (non-hydrogen) atoms. The third-order valence-electron chi connectivity index (χ3n) is 3.98. The molecular formula is C19H18FNO2. The van der Waals surface area contributed by atoms with E-state index in [1.807, 2.05) is 19.9 Å². The third-order valence-corrected chi connectivity index (χ3v) is 3.98. The molecule has 1 aliphatic rings. The molecule has 118 valence electrons. The van der Waals surface area contributed by atoms with Crippen molar-refractivity contribution in [2.45, 2.75) is 26.4 Å². The Kier molecular flexibility index (Phi) is 3.48. The first-order valence-corrected chi connectivity index (χ1v) is 7.40. The van der Waals surface area contributed by atoms with Gasteiger partial charge in [-0.25, -0.2) is 4.39 Å². The van der Waals surface area contributed by atoms with E-state index in [0.29, 0.717) is 17.0 Å². The number of hydrogen-bond acceptors (Lipinski definition) is 3. The summed E-state index contributed by atoms with van der Waals surface area (Å²) in [5.74, 6) is 0.235. The number of anilines is 1. The van der Waals surface area contributed by atoms with E-state index in [9.17, 15) is 9.18 Å². The first-order valence-electron chi connectivity index (χ1n) is 7.40. The Morgan fingerprint density at radius 3 is 2.39 bits per heavy atom. The molecule has 0 amide bonds. The molecule has 1 aliphatic heterocycles. The van der Waals surface area contributed by atoms with Crippen LogP contribution in [0.5, 0.6) is 5.75 Å². The molecule has 0 aliphatic carbocycles. The Labute approximate surface area is 134 Å². The quantitative estimate of drug-likeness (QED) is 0.854. The molecule has 0 spiro atoms. The molecule has 0 unspecified atom stereocenters. The highest BCUT2D eigenvalue weighted by molar-refractivity contribution is 6.07. The minimum atomic E-state index is -0.795. The minimum Gasteiger partial charge on any atom is -0.482 e. The van der Waals surface area contributed by atoms with Crippen molar-refractivity contribution in [3.8, 4) is 5.75 Å². The second-order valence-corrected chi connectivity index (χ2v) is 6.18. The number of halogens is 1. The Morgan fingerprint density at radius 2 is 1.78 bits per heavy atom. The largest absolute Gasteiger partial charge is 0.482 e. The predicted molar refractivity (Wildman–Crippen MR) is 88.7 cm³/mol. The van der Waals surface area contributed by atoms with Crippen molar-refractivity contribution in [1.29, 1.82) is 0 Å². The van der Waals surface area contributed by atoms with Crippen LogP contribution in [0.1, 0.15) is 31.9 Å². The molecule has 0 fully saturated rings. The number of benzene rings is 2. The van der Waals surface area contributed by atoms with Crippen LogP contribution in [0.25, 0.3) is 5.57 Å². The predicted octanol–water partition coefficient (Wildman–Crippen LogP) is 3.97. The highest BCUT2D eigenvalue weighted by Crippen LogP contribution is 2.44. The van der Waals surface area contributed by atoms with Crippen LogP contribution in [0, 0.1) is 5.82 Å². The van der Waals surface area contributed by atoms with Crippen molar-refractivity contribution in [1.82, 2.24) is 0 Å². The fourth-order valence-electron chi connectivity index (χ4n) is 3.11. The second-order valence-electron chi connectivity index (χ2n) is 6.18. The first kappa shape index (κ1) is 15.3. The monoisotopic (exact) mass is 311 g/mol. The van der Waals surface area contributed by atoms with E-state index < -0.39 is 5.60 Å². The van der Waals surface area contributed by atoms with Crippen LogP contribution in [0.2, 0.25) is 0 Å². The molecule has 0 aromatic heterocycles. The molecular weight excluding hydrogens is 293 g/mol. The summed E-state index contributed by atoms with van der Waals surface area (Å²) in [6, 6.07) is 11.5. The van der Waals surface area contributed by atoms with Crippen molar-refractivity contribution in [3.63, 3.8) is 0 Å². The second kappa shape index (κ2) is 5.23.